The van der Waals surface area contributed by atoms with Crippen LogP contribution < -0.4 is 10.6 Å². The fourth-order valence-corrected chi connectivity index (χ4v) is 3.59. The van der Waals surface area contributed by atoms with Crippen molar-refractivity contribution in [3.8, 4) is 11.1 Å². The predicted octanol–water partition coefficient (Wildman–Crippen LogP) is 4.94. The molecule has 0 aliphatic carbocycles. The van der Waals surface area contributed by atoms with Gasteiger partial charge < -0.3 is 15.4 Å². The maximum absolute atomic E-state index is 13.2. The lowest BCUT2D eigenvalue weighted by Gasteiger charge is -2.19. The van der Waals surface area contributed by atoms with E-state index in [1.165, 1.54) is 6.20 Å². The molecule has 0 radical (unpaired) electrons. The number of hydrogen-bond acceptors (Lipinski definition) is 7. The molecule has 4 heterocycles. The van der Waals surface area contributed by atoms with Gasteiger partial charge in [0.25, 0.3) is 5.91 Å². The maximum atomic E-state index is 13.2. The topological polar surface area (TPSA) is 102 Å². The number of aryl methyl sites for hydroxylation is 1. The zero-order valence-electron chi connectivity index (χ0n) is 19.0. The Kier molecular flexibility index (Phi) is 6.61. The number of alkyl halides is 3. The van der Waals surface area contributed by atoms with Gasteiger partial charge in [0, 0.05) is 61.0 Å². The fourth-order valence-electron chi connectivity index (χ4n) is 3.59. The summed E-state index contributed by atoms with van der Waals surface area (Å²) in [5.74, 6) is 0.0194. The Labute approximate surface area is 198 Å². The van der Waals surface area contributed by atoms with Crippen molar-refractivity contribution < 1.29 is 22.7 Å². The van der Waals surface area contributed by atoms with Gasteiger partial charge in [-0.05, 0) is 36.8 Å². The van der Waals surface area contributed by atoms with Crippen molar-refractivity contribution in [2.75, 3.05) is 24.8 Å². The molecule has 4 rings (SSSR count). The Morgan fingerprint density at radius 2 is 1.83 bits per heavy atom. The zero-order valence-corrected chi connectivity index (χ0v) is 19.0. The molecule has 11 heteroatoms. The number of methoxy groups -OCH3 is 1. The van der Waals surface area contributed by atoms with Crippen LogP contribution in [0.5, 0.6) is 0 Å². The number of hydrogen-bond donors (Lipinski definition) is 2. The third-order valence-electron chi connectivity index (χ3n) is 5.33. The normalized spacial score (nSPS) is 12.4. The Morgan fingerprint density at radius 1 is 1.03 bits per heavy atom. The van der Waals surface area contributed by atoms with Crippen LogP contribution in [-0.2, 0) is 4.74 Å². The Bertz CT molecular complexity index is 1390. The molecule has 8 nitrogen and oxygen atoms in total. The molecule has 1 amide bonds. The summed E-state index contributed by atoms with van der Waals surface area (Å²) in [5.41, 5.74) is 2.92. The number of nitrogens with one attached hydrogen (secondary N) is 2. The number of aromatic nitrogens is 4. The molecule has 0 fully saturated rings. The van der Waals surface area contributed by atoms with Crippen LogP contribution in [0, 0.1) is 6.92 Å². The number of pyridine rings is 4. The van der Waals surface area contributed by atoms with Crippen LogP contribution in [0.15, 0.2) is 55.1 Å². The number of carbonyl (C=O) groups excluding carboxylic acids is 1. The fraction of sp³-hybridized carbons (Fsp3) is 0.208. The van der Waals surface area contributed by atoms with E-state index in [9.17, 15) is 18.0 Å². The Morgan fingerprint density at radius 3 is 2.54 bits per heavy atom. The minimum atomic E-state index is -4.63. The van der Waals surface area contributed by atoms with Gasteiger partial charge in [0.05, 0.1) is 17.4 Å². The van der Waals surface area contributed by atoms with Gasteiger partial charge in [-0.1, -0.05) is 0 Å². The molecule has 0 spiro atoms. The number of rotatable bonds is 6. The number of halogens is 3. The minimum absolute atomic E-state index is 0.185. The average molecular weight is 482 g/mol. The largest absolute Gasteiger partial charge is 0.418 e. The van der Waals surface area contributed by atoms with E-state index in [0.717, 1.165) is 47.5 Å². The molecule has 180 valence electrons. The molecule has 0 aliphatic heterocycles. The zero-order chi connectivity index (χ0) is 25.2. The summed E-state index contributed by atoms with van der Waals surface area (Å²) in [4.78, 5) is 29.8. The molecule has 4 aromatic heterocycles. The van der Waals surface area contributed by atoms with Crippen LogP contribution in [0.4, 0.5) is 24.7 Å². The molecular weight excluding hydrogens is 461 g/mol. The molecule has 0 saturated carbocycles. The van der Waals surface area contributed by atoms with Crippen LogP contribution in [0.1, 0.15) is 27.8 Å². The highest BCUT2D eigenvalue weighted by Crippen LogP contribution is 2.35. The van der Waals surface area contributed by atoms with Crippen LogP contribution >= 0.6 is 0 Å². The average Bonchev–Trinajstić information content (AvgIpc) is 2.84. The summed E-state index contributed by atoms with van der Waals surface area (Å²) in [6.07, 6.45) is -0.789. The van der Waals surface area contributed by atoms with E-state index in [1.807, 2.05) is 19.1 Å². The molecule has 1 atom stereocenters. The number of carbonyl (C=O) groups is 1. The van der Waals surface area contributed by atoms with Gasteiger partial charge in [-0.3, -0.25) is 19.7 Å². The van der Waals surface area contributed by atoms with Gasteiger partial charge in [0.2, 0.25) is 0 Å². The lowest BCUT2D eigenvalue weighted by atomic mass is 10.0. The van der Waals surface area contributed by atoms with Gasteiger partial charge in [-0.25, -0.2) is 4.98 Å². The third kappa shape index (κ3) is 5.19. The lowest BCUT2D eigenvalue weighted by Crippen LogP contribution is -2.23. The first-order chi connectivity index (χ1) is 16.7. The van der Waals surface area contributed by atoms with Gasteiger partial charge in [-0.15, -0.1) is 0 Å². The Hall–Kier alpha value is -4.12. The number of nitrogens with zero attached hydrogens (tertiary/aromatic N) is 4. The minimum Gasteiger partial charge on any atom is -0.373 e. The summed E-state index contributed by atoms with van der Waals surface area (Å²) in [7, 11) is 2.73. The first-order valence-corrected chi connectivity index (χ1v) is 10.5. The standard InChI is InChI=1S/C24H21F3N6O2/c1-13-18(15-6-16-11-32-21(28-2)9-19(16)31-10-15)8-17(12-30-13)33-23(34)20-7-14(4-5-29-20)22(35-3)24(25,26)27/h4-12,22H,1-3H3,(H,28,32)(H,33,34). The second-order valence-corrected chi connectivity index (χ2v) is 7.68. The molecule has 0 bridgehead atoms. The highest BCUT2D eigenvalue weighted by Gasteiger charge is 2.41. The van der Waals surface area contributed by atoms with E-state index in [4.69, 9.17) is 0 Å². The molecule has 4 aromatic rings. The van der Waals surface area contributed by atoms with Gasteiger partial charge >= 0.3 is 6.18 Å². The number of amides is 1. The van der Waals surface area contributed by atoms with Crippen molar-refractivity contribution in [2.24, 2.45) is 0 Å². The Balaban J connectivity index is 1.61. The molecule has 0 aliphatic rings. The number of ether oxygens (including phenoxy) is 1. The van der Waals surface area contributed by atoms with Crippen LogP contribution in [0.2, 0.25) is 0 Å². The van der Waals surface area contributed by atoms with E-state index in [-0.39, 0.29) is 11.3 Å². The first kappa shape index (κ1) is 24.0. The lowest BCUT2D eigenvalue weighted by molar-refractivity contribution is -0.216. The monoisotopic (exact) mass is 482 g/mol. The molecule has 0 aromatic carbocycles. The molecular formula is C24H21F3N6O2. The summed E-state index contributed by atoms with van der Waals surface area (Å²) >= 11 is 0. The molecule has 35 heavy (non-hydrogen) atoms. The summed E-state index contributed by atoms with van der Waals surface area (Å²) in [5, 5.41) is 6.44. The van der Waals surface area contributed by atoms with Gasteiger partial charge in [0.15, 0.2) is 6.10 Å². The molecule has 2 N–H and O–H groups in total. The smallest absolute Gasteiger partial charge is 0.373 e. The van der Waals surface area contributed by atoms with Crippen LogP contribution in [0.3, 0.4) is 0 Å². The quantitative estimate of drug-likeness (QED) is 0.401. The summed E-state index contributed by atoms with van der Waals surface area (Å²) < 4.78 is 44.2. The maximum Gasteiger partial charge on any atom is 0.418 e. The van der Waals surface area contributed by atoms with E-state index >= 15 is 0 Å². The van der Waals surface area contributed by atoms with Crippen molar-refractivity contribution >= 4 is 28.3 Å². The van der Waals surface area contributed by atoms with Crippen molar-refractivity contribution in [2.45, 2.75) is 19.2 Å². The van der Waals surface area contributed by atoms with Gasteiger partial charge in [-0.2, -0.15) is 13.2 Å². The highest BCUT2D eigenvalue weighted by atomic mass is 19.4. The van der Waals surface area contributed by atoms with E-state index in [2.05, 4.69) is 35.3 Å². The van der Waals surface area contributed by atoms with E-state index in [1.54, 1.807) is 25.5 Å². The van der Waals surface area contributed by atoms with E-state index in [0.29, 0.717) is 17.2 Å². The highest BCUT2D eigenvalue weighted by molar-refractivity contribution is 6.03. The van der Waals surface area contributed by atoms with Crippen molar-refractivity contribution in [1.82, 2.24) is 19.9 Å². The second kappa shape index (κ2) is 9.63. The molecule has 1 unspecified atom stereocenters. The summed E-state index contributed by atoms with van der Waals surface area (Å²) in [6.45, 7) is 1.82. The number of fused-ring (bicyclic) bond motifs is 1. The molecule has 0 saturated heterocycles. The van der Waals surface area contributed by atoms with Gasteiger partial charge in [0.1, 0.15) is 11.5 Å². The predicted molar refractivity (Wildman–Crippen MR) is 125 cm³/mol. The van der Waals surface area contributed by atoms with Crippen LogP contribution in [-0.4, -0.2) is 46.2 Å². The van der Waals surface area contributed by atoms with Crippen molar-refractivity contribution in [3.05, 3.63) is 72.1 Å². The third-order valence-corrected chi connectivity index (χ3v) is 5.33. The first-order valence-electron chi connectivity index (χ1n) is 10.5. The number of anilines is 2. The van der Waals surface area contributed by atoms with Crippen molar-refractivity contribution in [3.63, 3.8) is 0 Å². The van der Waals surface area contributed by atoms with Crippen molar-refractivity contribution in [1.29, 1.82) is 0 Å². The summed E-state index contributed by atoms with van der Waals surface area (Å²) in [6, 6.07) is 7.67. The van der Waals surface area contributed by atoms with Crippen LogP contribution in [0.25, 0.3) is 22.0 Å². The SMILES string of the molecule is CNc1cc2ncc(-c3cc(NC(=O)c4cc(C(OC)C(F)(F)F)ccn4)cnc3C)cc2cn1. The van der Waals surface area contributed by atoms with E-state index < -0.39 is 18.2 Å². The second-order valence-electron chi connectivity index (χ2n) is 7.68.